The van der Waals surface area contributed by atoms with Gasteiger partial charge in [-0.25, -0.2) is 0 Å². The Morgan fingerprint density at radius 1 is 0.182 bits per heavy atom. The Balaban J connectivity index is 0.000000116. The normalized spacial score (nSPS) is 11.3. The van der Waals surface area contributed by atoms with Gasteiger partial charge in [0.05, 0.1) is 64.4 Å². The van der Waals surface area contributed by atoms with E-state index in [2.05, 4.69) is 562 Å². The second-order valence-electron chi connectivity index (χ2n) is 35.7. The first-order valence-electron chi connectivity index (χ1n) is 48.5. The van der Waals surface area contributed by atoms with E-state index in [-0.39, 0.29) is 0 Å². The fourth-order valence-corrected chi connectivity index (χ4v) is 21.8. The number of fused-ring (bicyclic) bond motifs is 12. The van der Waals surface area contributed by atoms with E-state index in [0.29, 0.717) is 0 Å². The molecule has 26 aromatic rings. The van der Waals surface area contributed by atoms with Gasteiger partial charge in [-0.05, 0) is 255 Å². The Labute approximate surface area is 835 Å². The fourth-order valence-electron chi connectivity index (χ4n) is 20.7. The van der Waals surface area contributed by atoms with Gasteiger partial charge in [0.25, 0.3) is 0 Å². The highest BCUT2D eigenvalue weighted by atomic mass is 32.1. The van der Waals surface area contributed by atoms with Gasteiger partial charge in [-0.2, -0.15) is 0 Å². The average Bonchev–Trinajstić information content (AvgIpc) is 1.60. The zero-order chi connectivity index (χ0) is 95.5. The van der Waals surface area contributed by atoms with Crippen molar-refractivity contribution in [2.24, 2.45) is 0 Å². The Hall–Kier alpha value is -18.5. The first-order valence-corrected chi connectivity index (χ1v) is 49.3. The standard InChI is InChI=1S/C48H34N2.C44H34N2O2.C42H28N2S/c1-5-14-35(15-6-1)38-24-29-42(30-25-38)49(43-31-26-39(27-32-43)36-16-7-2-8-17-36)46-22-13-23-47-48(46)44-34-40(37-18-9-3-10-19-37)28-33-45(44)50(47)41-20-11-4-12-21-41;1-47-38-29-39-43-40(19-12-20-41(43)46(35-17-10-5-11-18-35)44(39)42(30-38)48-2)45(36-25-21-33(22-26-36)31-13-6-3-7-14-31)37-27-23-34(24-28-37)32-15-8-4-9-16-32;1-4-13-29(14-5-1)30-23-25-37-36(27-30)42-38(20-12-21-39(42)44(37)32-17-8-3-9-18-32)43(31-15-6-2-7-16-31)33-24-26-41-35(28-33)34-19-10-11-22-40(34)45-41/h1-34H;3-30H,1-2H3;1-28H. The van der Waals surface area contributed by atoms with Gasteiger partial charge >= 0.3 is 0 Å². The maximum absolute atomic E-state index is 6.03. The molecule has 0 radical (unpaired) electrons. The van der Waals surface area contributed by atoms with Crippen molar-refractivity contribution < 1.29 is 9.47 Å². The quantitative estimate of drug-likeness (QED) is 0.0761. The third-order valence-electron chi connectivity index (χ3n) is 27.3. The SMILES string of the molecule is COc1cc(OC)c2c(c1)c1c(N(c3ccc(-c4ccccc4)cc3)c3ccc(-c4ccccc4)cc3)cccc1n2-c1ccccc1.c1ccc(-c2ccc(N(c3ccc(-c4ccccc4)cc3)c3cccc4c3c3cc(-c5ccccc5)ccc3n4-c3ccccc3)cc2)cc1.c1ccc(-c2ccc3c(c2)c2c(N(c4ccccc4)c4ccc5sc6ccccc6c5c4)cccc2n3-c2ccccc2)cc1. The molecule has 4 heterocycles. The van der Waals surface area contributed by atoms with Crippen LogP contribution in [-0.2, 0) is 0 Å². The van der Waals surface area contributed by atoms with Crippen molar-refractivity contribution in [3.05, 3.63) is 546 Å². The van der Waals surface area contributed by atoms with E-state index in [9.17, 15) is 0 Å². The van der Waals surface area contributed by atoms with Crippen molar-refractivity contribution in [1.82, 2.24) is 13.7 Å². The lowest BCUT2D eigenvalue weighted by Gasteiger charge is -2.27. The van der Waals surface area contributed by atoms with E-state index >= 15 is 0 Å². The number of benzene rings is 22. The summed E-state index contributed by atoms with van der Waals surface area (Å²) in [7, 11) is 3.42. The van der Waals surface area contributed by atoms with Crippen LogP contribution < -0.4 is 24.2 Å². The minimum atomic E-state index is 0.743. The van der Waals surface area contributed by atoms with Crippen LogP contribution in [0.2, 0.25) is 0 Å². The molecule has 0 saturated heterocycles. The zero-order valence-electron chi connectivity index (χ0n) is 78.9. The van der Waals surface area contributed by atoms with E-state index < -0.39 is 0 Å². The second-order valence-corrected chi connectivity index (χ2v) is 36.8. The van der Waals surface area contributed by atoms with E-state index in [4.69, 9.17) is 9.47 Å². The Bertz CT molecular complexity index is 8860. The molecule has 0 amide bonds. The first kappa shape index (κ1) is 87.2. The topological polar surface area (TPSA) is 43.0 Å². The van der Waals surface area contributed by atoms with Crippen LogP contribution in [0.3, 0.4) is 0 Å². The lowest BCUT2D eigenvalue weighted by molar-refractivity contribution is 0.397. The average molecular weight is 1850 g/mol. The Morgan fingerprint density at radius 3 is 0.839 bits per heavy atom. The van der Waals surface area contributed by atoms with E-state index in [1.54, 1.807) is 14.2 Å². The summed E-state index contributed by atoms with van der Waals surface area (Å²) in [6.07, 6.45) is 0. The molecule has 0 atom stereocenters. The number of hydrogen-bond acceptors (Lipinski definition) is 6. The predicted molar refractivity (Wildman–Crippen MR) is 605 cm³/mol. The largest absolute Gasteiger partial charge is 0.497 e. The number of para-hydroxylation sites is 4. The third-order valence-corrected chi connectivity index (χ3v) is 28.5. The molecule has 0 bridgehead atoms. The molecular formula is C134H96N6O2S. The minimum absolute atomic E-state index is 0.743. The maximum Gasteiger partial charge on any atom is 0.147 e. The van der Waals surface area contributed by atoms with Crippen molar-refractivity contribution in [1.29, 1.82) is 0 Å². The predicted octanol–water partition coefficient (Wildman–Crippen LogP) is 37.1. The summed E-state index contributed by atoms with van der Waals surface area (Å²) in [5.41, 5.74) is 34.4. The molecule has 22 aromatic carbocycles. The molecule has 0 aliphatic heterocycles. The molecule has 0 aliphatic rings. The van der Waals surface area contributed by atoms with Gasteiger partial charge in [0.1, 0.15) is 11.5 Å². The van der Waals surface area contributed by atoms with E-state index in [1.165, 1.54) is 131 Å². The molecule has 143 heavy (non-hydrogen) atoms. The van der Waals surface area contributed by atoms with Crippen LogP contribution in [0, 0.1) is 0 Å². The van der Waals surface area contributed by atoms with Gasteiger partial charge < -0.3 is 37.9 Å². The first-order chi connectivity index (χ1) is 70.9. The molecule has 0 unspecified atom stereocenters. The summed E-state index contributed by atoms with van der Waals surface area (Å²) in [6.45, 7) is 0. The molecule has 0 fully saturated rings. The number of hydrogen-bond donors (Lipinski definition) is 0. The van der Waals surface area contributed by atoms with Gasteiger partial charge in [0.2, 0.25) is 0 Å². The summed E-state index contributed by atoms with van der Waals surface area (Å²) >= 11 is 1.86. The summed E-state index contributed by atoms with van der Waals surface area (Å²) in [4.78, 5) is 7.20. The number of rotatable bonds is 20. The van der Waals surface area contributed by atoms with E-state index in [1.807, 2.05) is 23.5 Å². The number of nitrogens with zero attached hydrogens (tertiary/aromatic N) is 6. The van der Waals surface area contributed by atoms with Crippen LogP contribution in [0.5, 0.6) is 11.5 Å². The van der Waals surface area contributed by atoms with Crippen LogP contribution in [0.25, 0.3) is 169 Å². The molecule has 0 N–H and O–H groups in total. The summed E-state index contributed by atoms with van der Waals surface area (Å²) in [5, 5.41) is 9.64. The number of aromatic nitrogens is 3. The van der Waals surface area contributed by atoms with Gasteiger partial charge in [-0.1, -0.05) is 352 Å². The van der Waals surface area contributed by atoms with Crippen molar-refractivity contribution >= 4 is 148 Å². The molecular weight excluding hydrogens is 1760 g/mol. The molecule has 680 valence electrons. The van der Waals surface area contributed by atoms with Gasteiger partial charge in [-0.3, -0.25) is 0 Å². The number of methoxy groups -OCH3 is 2. The molecule has 8 nitrogen and oxygen atoms in total. The Morgan fingerprint density at radius 2 is 0.469 bits per heavy atom. The molecule has 0 saturated carbocycles. The zero-order valence-corrected chi connectivity index (χ0v) is 79.7. The maximum atomic E-state index is 6.03. The number of thiophene rings is 1. The van der Waals surface area contributed by atoms with Crippen molar-refractivity contribution in [2.45, 2.75) is 0 Å². The lowest BCUT2D eigenvalue weighted by atomic mass is 10.0. The molecule has 9 heteroatoms. The van der Waals surface area contributed by atoms with Crippen LogP contribution in [0.15, 0.2) is 546 Å². The highest BCUT2D eigenvalue weighted by Gasteiger charge is 2.29. The molecule has 0 spiro atoms. The Kier molecular flexibility index (Phi) is 23.7. The fraction of sp³-hybridized carbons (Fsp3) is 0.0149. The molecule has 4 aromatic heterocycles. The van der Waals surface area contributed by atoms with Crippen molar-refractivity contribution in [3.8, 4) is 95.3 Å². The summed E-state index contributed by atoms with van der Waals surface area (Å²) in [5.74, 6) is 1.49. The lowest BCUT2D eigenvalue weighted by Crippen LogP contribution is -2.10. The monoisotopic (exact) mass is 1850 g/mol. The van der Waals surface area contributed by atoms with Crippen molar-refractivity contribution in [3.63, 3.8) is 0 Å². The molecule has 0 aliphatic carbocycles. The number of anilines is 9. The highest BCUT2D eigenvalue weighted by Crippen LogP contribution is 2.52. The smallest absolute Gasteiger partial charge is 0.147 e. The van der Waals surface area contributed by atoms with Gasteiger partial charge in [-0.15, -0.1) is 11.3 Å². The highest BCUT2D eigenvalue weighted by molar-refractivity contribution is 7.25. The van der Waals surface area contributed by atoms with Crippen LogP contribution in [-0.4, -0.2) is 27.9 Å². The number of ether oxygens (including phenoxy) is 2. The summed E-state index contributed by atoms with van der Waals surface area (Å²) in [6, 6.07) is 195. The van der Waals surface area contributed by atoms with Crippen LogP contribution >= 0.6 is 11.3 Å². The van der Waals surface area contributed by atoms with Crippen LogP contribution in [0.4, 0.5) is 51.2 Å². The van der Waals surface area contributed by atoms with Crippen LogP contribution in [0.1, 0.15) is 0 Å². The third kappa shape index (κ3) is 16.8. The molecule has 26 rings (SSSR count). The van der Waals surface area contributed by atoms with E-state index in [0.717, 1.165) is 102 Å². The van der Waals surface area contributed by atoms with Crippen molar-refractivity contribution in [2.75, 3.05) is 28.9 Å². The summed E-state index contributed by atoms with van der Waals surface area (Å²) < 4.78 is 21.6. The minimum Gasteiger partial charge on any atom is -0.497 e. The van der Waals surface area contributed by atoms with Gasteiger partial charge in [0, 0.05) is 110 Å². The second kappa shape index (κ2) is 38.8. The van der Waals surface area contributed by atoms with Gasteiger partial charge in [0.15, 0.2) is 0 Å².